The third-order valence-electron chi connectivity index (χ3n) is 9.00. The Hall–Kier alpha value is -3.15. The number of likely N-dealkylation sites (N-methyl/N-ethyl adjacent to an activating group) is 1. The van der Waals surface area contributed by atoms with E-state index in [1.54, 1.807) is 31.1 Å². The molecule has 0 radical (unpaired) electrons. The third kappa shape index (κ3) is 5.17. The number of benzene rings is 1. The number of carbonyl (C=O) groups is 3. The molecule has 3 fully saturated rings. The summed E-state index contributed by atoms with van der Waals surface area (Å²) in [5.41, 5.74) is 1.11. The van der Waals surface area contributed by atoms with Crippen molar-refractivity contribution in [2.24, 2.45) is 5.92 Å². The van der Waals surface area contributed by atoms with Crippen LogP contribution in [0.3, 0.4) is 0 Å². The molecule has 3 heterocycles. The van der Waals surface area contributed by atoms with E-state index in [4.69, 9.17) is 0 Å². The van der Waals surface area contributed by atoms with Crippen molar-refractivity contribution in [3.8, 4) is 0 Å². The lowest BCUT2D eigenvalue weighted by Crippen LogP contribution is -2.57. The van der Waals surface area contributed by atoms with Gasteiger partial charge in [0.05, 0.1) is 18.1 Å². The Bertz CT molecular complexity index is 1270. The fourth-order valence-electron chi connectivity index (χ4n) is 6.88. The summed E-state index contributed by atoms with van der Waals surface area (Å²) in [6, 6.07) is 1.26. The van der Waals surface area contributed by atoms with Crippen LogP contribution < -0.4 is 10.6 Å². The molecule has 1 aliphatic carbocycles. The van der Waals surface area contributed by atoms with Crippen LogP contribution in [-0.4, -0.2) is 83.0 Å². The zero-order valence-corrected chi connectivity index (χ0v) is 22.6. The molecule has 0 bridgehead atoms. The lowest BCUT2D eigenvalue weighted by atomic mass is 9.82. The Kier molecular flexibility index (Phi) is 7.82. The maximum absolute atomic E-state index is 14.2. The minimum atomic E-state index is -5.05. The summed E-state index contributed by atoms with van der Waals surface area (Å²) in [7, 11) is 1.65. The van der Waals surface area contributed by atoms with E-state index >= 15 is 0 Å². The molecule has 1 aromatic carbocycles. The standard InChI is InChI=1S/C28H35F4N5O3/c1-15(33-2)25(38)35-23(16-6-4-3-5-7-16)26(39)36-11-10-22-24(36)20(14-37(22)27(40)28(30,31)32)19-13-34-21-12-17(29)8-9-18(19)21/h8-9,12-13,15-16,20,22-24,33-34H,3-7,10-11,14H2,1-2H3,(H,35,38)/t15-,20+,22+,23-,24+/m0/s1. The van der Waals surface area contributed by atoms with Crippen LogP contribution in [0.4, 0.5) is 17.6 Å². The Morgan fingerprint density at radius 2 is 1.80 bits per heavy atom. The van der Waals surface area contributed by atoms with E-state index in [9.17, 15) is 31.9 Å². The van der Waals surface area contributed by atoms with Crippen LogP contribution >= 0.6 is 0 Å². The Balaban J connectivity index is 1.51. The highest BCUT2D eigenvalue weighted by molar-refractivity contribution is 5.91. The summed E-state index contributed by atoms with van der Waals surface area (Å²) < 4.78 is 54.8. The summed E-state index contributed by atoms with van der Waals surface area (Å²) >= 11 is 0. The number of H-pyrrole nitrogens is 1. The number of rotatable bonds is 6. The summed E-state index contributed by atoms with van der Waals surface area (Å²) in [6.45, 7) is 1.64. The van der Waals surface area contributed by atoms with E-state index in [2.05, 4.69) is 15.6 Å². The number of amides is 3. The van der Waals surface area contributed by atoms with E-state index in [1.807, 2.05) is 0 Å². The minimum Gasteiger partial charge on any atom is -0.361 e. The zero-order valence-electron chi connectivity index (χ0n) is 22.6. The molecule has 5 rings (SSSR count). The number of aromatic amines is 1. The van der Waals surface area contributed by atoms with Gasteiger partial charge < -0.3 is 25.4 Å². The summed E-state index contributed by atoms with van der Waals surface area (Å²) in [5, 5.41) is 6.45. The van der Waals surface area contributed by atoms with Gasteiger partial charge in [-0.15, -0.1) is 0 Å². The highest BCUT2D eigenvalue weighted by Gasteiger charge is 2.57. The van der Waals surface area contributed by atoms with Gasteiger partial charge in [-0.25, -0.2) is 4.39 Å². The number of halogens is 4. The van der Waals surface area contributed by atoms with Gasteiger partial charge in [0.1, 0.15) is 11.9 Å². The van der Waals surface area contributed by atoms with E-state index in [1.165, 1.54) is 12.1 Å². The molecule has 0 spiro atoms. The van der Waals surface area contributed by atoms with Crippen molar-refractivity contribution in [3.63, 3.8) is 0 Å². The van der Waals surface area contributed by atoms with E-state index in [0.717, 1.165) is 37.0 Å². The molecular formula is C28H35F4N5O3. The quantitative estimate of drug-likeness (QED) is 0.468. The number of hydrogen-bond acceptors (Lipinski definition) is 4. The van der Waals surface area contributed by atoms with Crippen molar-refractivity contribution in [2.75, 3.05) is 20.1 Å². The number of alkyl halides is 3. The zero-order chi connectivity index (χ0) is 28.8. The number of nitrogens with zero attached hydrogens (tertiary/aromatic N) is 2. The lowest BCUT2D eigenvalue weighted by Gasteiger charge is -2.36. The normalized spacial score (nSPS) is 25.2. The van der Waals surface area contributed by atoms with Gasteiger partial charge in [-0.1, -0.05) is 19.3 Å². The minimum absolute atomic E-state index is 0.0860. The highest BCUT2D eigenvalue weighted by atomic mass is 19.4. The molecule has 5 atom stereocenters. The molecule has 12 heteroatoms. The molecule has 2 aromatic rings. The molecule has 2 aliphatic heterocycles. The molecule has 0 unspecified atom stereocenters. The number of fused-ring (bicyclic) bond motifs is 2. The second kappa shape index (κ2) is 11.0. The first kappa shape index (κ1) is 28.4. The summed E-state index contributed by atoms with van der Waals surface area (Å²) in [5.74, 6) is -3.74. The van der Waals surface area contributed by atoms with E-state index in [-0.39, 0.29) is 37.2 Å². The number of nitrogens with one attached hydrogen (secondary N) is 3. The monoisotopic (exact) mass is 565 g/mol. The molecule has 8 nitrogen and oxygen atoms in total. The van der Waals surface area contributed by atoms with Gasteiger partial charge in [0.15, 0.2) is 0 Å². The second-order valence-corrected chi connectivity index (χ2v) is 11.3. The Morgan fingerprint density at radius 1 is 1.07 bits per heavy atom. The second-order valence-electron chi connectivity index (χ2n) is 11.3. The molecular weight excluding hydrogens is 530 g/mol. The number of hydrogen-bond donors (Lipinski definition) is 3. The van der Waals surface area contributed by atoms with Crippen LogP contribution in [0.15, 0.2) is 24.4 Å². The Morgan fingerprint density at radius 3 is 2.48 bits per heavy atom. The van der Waals surface area contributed by atoms with Gasteiger partial charge in [0.25, 0.3) is 0 Å². The first-order valence-corrected chi connectivity index (χ1v) is 13.9. The predicted molar refractivity (Wildman–Crippen MR) is 140 cm³/mol. The van der Waals surface area contributed by atoms with Gasteiger partial charge >= 0.3 is 12.1 Å². The average molecular weight is 566 g/mol. The van der Waals surface area contributed by atoms with Gasteiger partial charge in [-0.05, 0) is 62.9 Å². The van der Waals surface area contributed by atoms with Crippen LogP contribution in [0, 0.1) is 11.7 Å². The topological polar surface area (TPSA) is 97.5 Å². The van der Waals surface area contributed by atoms with Crippen LogP contribution in [0.25, 0.3) is 10.9 Å². The van der Waals surface area contributed by atoms with Crippen LogP contribution in [0.2, 0.25) is 0 Å². The van der Waals surface area contributed by atoms with Crippen molar-refractivity contribution in [1.82, 2.24) is 25.4 Å². The molecule has 3 aliphatic rings. The maximum atomic E-state index is 14.2. The molecule has 218 valence electrons. The first-order chi connectivity index (χ1) is 19.0. The van der Waals surface area contributed by atoms with Crippen molar-refractivity contribution in [3.05, 3.63) is 35.8 Å². The molecule has 1 aromatic heterocycles. The smallest absolute Gasteiger partial charge is 0.361 e. The van der Waals surface area contributed by atoms with Crippen LogP contribution in [-0.2, 0) is 14.4 Å². The van der Waals surface area contributed by atoms with Gasteiger partial charge in [0.2, 0.25) is 11.8 Å². The molecule has 3 N–H and O–H groups in total. The van der Waals surface area contributed by atoms with Crippen LogP contribution in [0.5, 0.6) is 0 Å². The predicted octanol–water partition coefficient (Wildman–Crippen LogP) is 3.44. The van der Waals surface area contributed by atoms with Crippen LogP contribution in [0.1, 0.15) is 56.9 Å². The summed E-state index contributed by atoms with van der Waals surface area (Å²) in [6.07, 6.45) is 1.21. The van der Waals surface area contributed by atoms with Crippen molar-refractivity contribution in [1.29, 1.82) is 0 Å². The lowest BCUT2D eigenvalue weighted by molar-refractivity contribution is -0.186. The fraction of sp³-hybridized carbons (Fsp3) is 0.607. The maximum Gasteiger partial charge on any atom is 0.471 e. The molecule has 40 heavy (non-hydrogen) atoms. The number of aromatic nitrogens is 1. The summed E-state index contributed by atoms with van der Waals surface area (Å²) in [4.78, 5) is 45.1. The molecule has 2 saturated heterocycles. The largest absolute Gasteiger partial charge is 0.471 e. The number of carbonyl (C=O) groups excluding carboxylic acids is 3. The highest BCUT2D eigenvalue weighted by Crippen LogP contribution is 2.45. The third-order valence-corrected chi connectivity index (χ3v) is 9.00. The van der Waals surface area contributed by atoms with Crippen molar-refractivity contribution in [2.45, 2.75) is 81.7 Å². The first-order valence-electron chi connectivity index (χ1n) is 13.9. The van der Waals surface area contributed by atoms with Gasteiger partial charge in [-0.2, -0.15) is 13.2 Å². The molecule has 3 amide bonds. The Labute approximate surface area is 229 Å². The van der Waals surface area contributed by atoms with Gasteiger partial charge in [-0.3, -0.25) is 14.4 Å². The SMILES string of the molecule is CN[C@@H](C)C(=O)N[C@H](C(=O)N1CC[C@@H]2[C@H]1[C@@H](c1c[nH]c3cc(F)ccc13)CN2C(=O)C(F)(F)F)C1CCCCC1. The average Bonchev–Trinajstić information content (AvgIpc) is 3.64. The van der Waals surface area contributed by atoms with E-state index < -0.39 is 48.0 Å². The number of likely N-dealkylation sites (tertiary alicyclic amines) is 2. The van der Waals surface area contributed by atoms with Crippen molar-refractivity contribution >= 4 is 28.6 Å². The van der Waals surface area contributed by atoms with Gasteiger partial charge in [0, 0.05) is 36.1 Å². The molecule has 1 saturated carbocycles. The fourth-order valence-corrected chi connectivity index (χ4v) is 6.88. The van der Waals surface area contributed by atoms with Crippen molar-refractivity contribution < 1.29 is 31.9 Å². The van der Waals surface area contributed by atoms with E-state index in [0.29, 0.717) is 16.5 Å².